The van der Waals surface area contributed by atoms with E-state index in [-0.39, 0.29) is 12.5 Å². The molecule has 2 aromatic carbocycles. The summed E-state index contributed by atoms with van der Waals surface area (Å²) in [6.07, 6.45) is 3.49. The first-order valence-corrected chi connectivity index (χ1v) is 9.22. The first-order chi connectivity index (χ1) is 12.6. The Morgan fingerprint density at radius 3 is 2.69 bits per heavy atom. The standard InChI is InChI=1S/C19H15ClIN3O2/c20-14-7-9-15(10-8-14)24-11-3-4-16(24)12-22-23-19(25)13-26-18-6-2-1-5-17(18)21/h1-12H,13H2,(H,23,25)/b22-12+. The maximum Gasteiger partial charge on any atom is 0.277 e. The van der Waals surface area contributed by atoms with Gasteiger partial charge in [0.2, 0.25) is 0 Å². The highest BCUT2D eigenvalue weighted by Gasteiger charge is 2.05. The van der Waals surface area contributed by atoms with Gasteiger partial charge in [-0.15, -0.1) is 0 Å². The van der Waals surface area contributed by atoms with Crippen molar-refractivity contribution in [3.8, 4) is 11.4 Å². The third kappa shape index (κ3) is 4.86. The summed E-state index contributed by atoms with van der Waals surface area (Å²) in [5, 5.41) is 4.68. The molecular formula is C19H15ClIN3O2. The lowest BCUT2D eigenvalue weighted by Gasteiger charge is -2.07. The zero-order chi connectivity index (χ0) is 18.4. The Balaban J connectivity index is 1.57. The van der Waals surface area contributed by atoms with Crippen LogP contribution in [0, 0.1) is 3.57 Å². The van der Waals surface area contributed by atoms with Gasteiger partial charge in [0.25, 0.3) is 5.91 Å². The van der Waals surface area contributed by atoms with E-state index in [0.717, 1.165) is 15.0 Å². The second kappa shape index (κ2) is 8.86. The molecule has 0 fully saturated rings. The summed E-state index contributed by atoms with van der Waals surface area (Å²) in [6, 6.07) is 18.8. The van der Waals surface area contributed by atoms with Crippen LogP contribution in [-0.2, 0) is 4.79 Å². The minimum atomic E-state index is -0.328. The van der Waals surface area contributed by atoms with Crippen molar-refractivity contribution in [3.05, 3.63) is 81.1 Å². The number of hydrazone groups is 1. The van der Waals surface area contributed by atoms with Gasteiger partial charge in [0.1, 0.15) is 5.75 Å². The first-order valence-electron chi connectivity index (χ1n) is 7.76. The van der Waals surface area contributed by atoms with Crippen molar-refractivity contribution in [3.63, 3.8) is 0 Å². The van der Waals surface area contributed by atoms with Gasteiger partial charge in [-0.25, -0.2) is 5.43 Å². The largest absolute Gasteiger partial charge is 0.483 e. The van der Waals surface area contributed by atoms with E-state index < -0.39 is 0 Å². The molecule has 1 N–H and O–H groups in total. The van der Waals surface area contributed by atoms with Crippen LogP contribution in [0.5, 0.6) is 5.75 Å². The number of carbonyl (C=O) groups is 1. The molecule has 5 nitrogen and oxygen atoms in total. The van der Waals surface area contributed by atoms with Crippen molar-refractivity contribution in [2.45, 2.75) is 0 Å². The van der Waals surface area contributed by atoms with E-state index in [4.69, 9.17) is 16.3 Å². The number of aromatic nitrogens is 1. The van der Waals surface area contributed by atoms with Crippen molar-refractivity contribution in [1.82, 2.24) is 9.99 Å². The number of nitrogens with one attached hydrogen (secondary N) is 1. The summed E-state index contributed by atoms with van der Waals surface area (Å²) in [7, 11) is 0. The van der Waals surface area contributed by atoms with Gasteiger partial charge < -0.3 is 9.30 Å². The lowest BCUT2D eigenvalue weighted by Crippen LogP contribution is -2.24. The lowest BCUT2D eigenvalue weighted by atomic mass is 10.3. The third-order valence-corrected chi connectivity index (χ3v) is 4.61. The van der Waals surface area contributed by atoms with Crippen LogP contribution in [0.15, 0.2) is 72.0 Å². The highest BCUT2D eigenvalue weighted by molar-refractivity contribution is 14.1. The van der Waals surface area contributed by atoms with Crippen molar-refractivity contribution >= 4 is 46.3 Å². The minimum absolute atomic E-state index is 0.102. The Bertz CT molecular complexity index is 923. The Labute approximate surface area is 169 Å². The number of para-hydroxylation sites is 1. The van der Waals surface area contributed by atoms with Crippen LogP contribution in [0.3, 0.4) is 0 Å². The predicted octanol–water partition coefficient (Wildman–Crippen LogP) is 4.26. The number of amides is 1. The van der Waals surface area contributed by atoms with Crippen molar-refractivity contribution < 1.29 is 9.53 Å². The second-order valence-electron chi connectivity index (χ2n) is 5.29. The van der Waals surface area contributed by atoms with E-state index in [1.807, 2.05) is 71.4 Å². The number of hydrogen-bond donors (Lipinski definition) is 1. The number of halogens is 2. The minimum Gasteiger partial charge on any atom is -0.483 e. The van der Waals surface area contributed by atoms with Gasteiger partial charge in [-0.05, 0) is 71.1 Å². The average Bonchev–Trinajstić information content (AvgIpc) is 3.10. The molecule has 0 atom stereocenters. The molecular weight excluding hydrogens is 465 g/mol. The van der Waals surface area contributed by atoms with Gasteiger partial charge in [-0.3, -0.25) is 4.79 Å². The van der Waals surface area contributed by atoms with Gasteiger partial charge >= 0.3 is 0 Å². The fourth-order valence-electron chi connectivity index (χ4n) is 2.24. The number of carbonyl (C=O) groups excluding carboxylic acids is 1. The molecule has 1 heterocycles. The van der Waals surface area contributed by atoms with E-state index >= 15 is 0 Å². The van der Waals surface area contributed by atoms with Crippen molar-refractivity contribution in [1.29, 1.82) is 0 Å². The van der Waals surface area contributed by atoms with E-state index in [2.05, 4.69) is 33.1 Å². The van der Waals surface area contributed by atoms with Crippen LogP contribution in [0.1, 0.15) is 5.69 Å². The van der Waals surface area contributed by atoms with Gasteiger partial charge in [0.15, 0.2) is 6.61 Å². The quantitative estimate of drug-likeness (QED) is 0.326. The molecule has 1 aromatic heterocycles. The number of rotatable bonds is 6. The van der Waals surface area contributed by atoms with E-state index in [0.29, 0.717) is 10.8 Å². The molecule has 3 rings (SSSR count). The summed E-state index contributed by atoms with van der Waals surface area (Å²) in [4.78, 5) is 11.9. The molecule has 0 radical (unpaired) electrons. The van der Waals surface area contributed by atoms with Crippen molar-refractivity contribution in [2.75, 3.05) is 6.61 Å². The Morgan fingerprint density at radius 2 is 1.92 bits per heavy atom. The molecule has 0 spiro atoms. The van der Waals surface area contributed by atoms with Crippen molar-refractivity contribution in [2.24, 2.45) is 5.10 Å². The van der Waals surface area contributed by atoms with Crippen LogP contribution in [-0.4, -0.2) is 23.3 Å². The molecule has 132 valence electrons. The van der Waals surface area contributed by atoms with E-state index in [9.17, 15) is 4.79 Å². The fraction of sp³-hybridized carbons (Fsp3) is 0.0526. The molecule has 0 aliphatic rings. The smallest absolute Gasteiger partial charge is 0.277 e. The number of ether oxygens (including phenoxy) is 1. The third-order valence-electron chi connectivity index (χ3n) is 3.47. The SMILES string of the molecule is O=C(COc1ccccc1I)N/N=C/c1cccn1-c1ccc(Cl)cc1. The van der Waals surface area contributed by atoms with Gasteiger partial charge in [-0.1, -0.05) is 23.7 Å². The Kier molecular flexibility index (Phi) is 6.30. The Hall–Kier alpha value is -2.32. The molecule has 0 aliphatic heterocycles. The second-order valence-corrected chi connectivity index (χ2v) is 6.89. The highest BCUT2D eigenvalue weighted by Crippen LogP contribution is 2.19. The van der Waals surface area contributed by atoms with E-state index in [1.54, 1.807) is 6.21 Å². The molecule has 0 saturated carbocycles. The van der Waals surface area contributed by atoms with Crippen LogP contribution >= 0.6 is 34.2 Å². The average molecular weight is 480 g/mol. The molecule has 0 bridgehead atoms. The van der Waals surface area contributed by atoms with Crippen LogP contribution in [0.2, 0.25) is 5.02 Å². The molecule has 0 unspecified atom stereocenters. The molecule has 1 amide bonds. The highest BCUT2D eigenvalue weighted by atomic mass is 127. The maximum absolute atomic E-state index is 11.9. The summed E-state index contributed by atoms with van der Waals surface area (Å²) >= 11 is 8.08. The van der Waals surface area contributed by atoms with Crippen LogP contribution < -0.4 is 10.2 Å². The molecule has 26 heavy (non-hydrogen) atoms. The topological polar surface area (TPSA) is 55.6 Å². The summed E-state index contributed by atoms with van der Waals surface area (Å²) in [5.41, 5.74) is 4.25. The summed E-state index contributed by atoms with van der Waals surface area (Å²) < 4.78 is 8.37. The lowest BCUT2D eigenvalue weighted by molar-refractivity contribution is -0.123. The van der Waals surface area contributed by atoms with Gasteiger partial charge in [0, 0.05) is 16.9 Å². The number of hydrogen-bond acceptors (Lipinski definition) is 3. The number of nitrogens with zero attached hydrogens (tertiary/aromatic N) is 2. The monoisotopic (exact) mass is 479 g/mol. The molecule has 3 aromatic rings. The Morgan fingerprint density at radius 1 is 1.15 bits per heavy atom. The maximum atomic E-state index is 11.9. The van der Waals surface area contributed by atoms with Gasteiger partial charge in [0.05, 0.1) is 15.5 Å². The summed E-state index contributed by atoms with van der Waals surface area (Å²) in [6.45, 7) is -0.102. The van der Waals surface area contributed by atoms with Crippen LogP contribution in [0.25, 0.3) is 5.69 Å². The first kappa shape index (κ1) is 18.5. The zero-order valence-electron chi connectivity index (χ0n) is 13.6. The van der Waals surface area contributed by atoms with Crippen LogP contribution in [0.4, 0.5) is 0 Å². The van der Waals surface area contributed by atoms with E-state index in [1.165, 1.54) is 0 Å². The fourth-order valence-corrected chi connectivity index (χ4v) is 2.91. The predicted molar refractivity (Wildman–Crippen MR) is 111 cm³/mol. The number of benzene rings is 2. The zero-order valence-corrected chi connectivity index (χ0v) is 16.5. The molecule has 0 saturated heterocycles. The summed E-state index contributed by atoms with van der Waals surface area (Å²) in [5.74, 6) is 0.342. The van der Waals surface area contributed by atoms with Gasteiger partial charge in [-0.2, -0.15) is 5.10 Å². The molecule has 7 heteroatoms. The normalized spacial score (nSPS) is 10.8. The molecule has 0 aliphatic carbocycles.